The van der Waals surface area contributed by atoms with Crippen molar-refractivity contribution in [3.8, 4) is 23.2 Å². The summed E-state index contributed by atoms with van der Waals surface area (Å²) in [6.07, 6.45) is 0.648. The van der Waals surface area contributed by atoms with E-state index in [-0.39, 0.29) is 22.7 Å². The van der Waals surface area contributed by atoms with Crippen molar-refractivity contribution in [3.63, 3.8) is 0 Å². The van der Waals surface area contributed by atoms with Crippen LogP contribution in [0.15, 0.2) is 59.4 Å². The normalized spacial score (nSPS) is 11.9. The highest BCUT2D eigenvalue weighted by Gasteiger charge is 2.23. The van der Waals surface area contributed by atoms with Crippen LogP contribution in [0.25, 0.3) is 21.6 Å². The second-order valence-electron chi connectivity index (χ2n) is 6.67. The summed E-state index contributed by atoms with van der Waals surface area (Å²) in [4.78, 5) is 18.7. The molecule has 4 rings (SSSR count). The third-order valence-electron chi connectivity index (χ3n) is 4.81. The molecule has 0 amide bonds. The van der Waals surface area contributed by atoms with Crippen molar-refractivity contribution in [1.29, 1.82) is 5.26 Å². The molecule has 0 N–H and O–H groups in total. The Balaban J connectivity index is 1.98. The summed E-state index contributed by atoms with van der Waals surface area (Å²) in [7, 11) is 1.59. The van der Waals surface area contributed by atoms with Crippen LogP contribution in [0, 0.1) is 11.3 Å². The Kier molecular flexibility index (Phi) is 5.10. The Bertz CT molecular complexity index is 1270. The first-order valence-electron chi connectivity index (χ1n) is 9.13. The SMILES string of the molecule is COc1ccccc1-c1nc2snc(C#N)c2c(=O)n1[C@H](C)Cc1ccccc1. The van der Waals surface area contributed by atoms with E-state index in [1.165, 1.54) is 0 Å². The average Bonchev–Trinajstić information content (AvgIpc) is 3.17. The van der Waals surface area contributed by atoms with Crippen LogP contribution in [-0.4, -0.2) is 21.0 Å². The lowest BCUT2D eigenvalue weighted by molar-refractivity contribution is 0.415. The topological polar surface area (TPSA) is 80.8 Å². The Hall–Kier alpha value is -3.50. The van der Waals surface area contributed by atoms with Gasteiger partial charge in [0.25, 0.3) is 5.56 Å². The largest absolute Gasteiger partial charge is 0.496 e. The van der Waals surface area contributed by atoms with Crippen LogP contribution >= 0.6 is 11.5 Å². The van der Waals surface area contributed by atoms with Crippen LogP contribution in [0.2, 0.25) is 0 Å². The van der Waals surface area contributed by atoms with Crippen LogP contribution in [0.1, 0.15) is 24.2 Å². The monoisotopic (exact) mass is 402 g/mol. The zero-order valence-electron chi connectivity index (χ0n) is 16.0. The molecule has 2 aromatic carbocycles. The minimum Gasteiger partial charge on any atom is -0.496 e. The molecule has 0 fully saturated rings. The summed E-state index contributed by atoms with van der Waals surface area (Å²) in [5.74, 6) is 1.14. The number of nitrogens with zero attached hydrogens (tertiary/aromatic N) is 4. The van der Waals surface area contributed by atoms with Crippen molar-refractivity contribution in [3.05, 3.63) is 76.2 Å². The predicted octanol–water partition coefficient (Wildman–Crippen LogP) is 4.20. The van der Waals surface area contributed by atoms with Gasteiger partial charge in [-0.05, 0) is 42.6 Å². The highest BCUT2D eigenvalue weighted by Crippen LogP contribution is 2.31. The van der Waals surface area contributed by atoms with Gasteiger partial charge in [-0.2, -0.15) is 9.64 Å². The summed E-state index contributed by atoms with van der Waals surface area (Å²) < 4.78 is 11.3. The fourth-order valence-electron chi connectivity index (χ4n) is 3.47. The molecule has 0 saturated carbocycles. The maximum absolute atomic E-state index is 13.5. The van der Waals surface area contributed by atoms with Gasteiger partial charge in [-0.15, -0.1) is 0 Å². The van der Waals surface area contributed by atoms with Crippen molar-refractivity contribution in [1.82, 2.24) is 13.9 Å². The van der Waals surface area contributed by atoms with Crippen LogP contribution < -0.4 is 10.3 Å². The van der Waals surface area contributed by atoms with E-state index in [0.717, 1.165) is 22.7 Å². The molecule has 0 aliphatic rings. The van der Waals surface area contributed by atoms with E-state index in [0.29, 0.717) is 22.8 Å². The number of fused-ring (bicyclic) bond motifs is 1. The van der Waals surface area contributed by atoms with Crippen molar-refractivity contribution >= 4 is 21.7 Å². The summed E-state index contributed by atoms with van der Waals surface area (Å²) in [6, 6.07) is 19.3. The quantitative estimate of drug-likeness (QED) is 0.500. The number of aromatic nitrogens is 3. The maximum Gasteiger partial charge on any atom is 0.265 e. The Morgan fingerprint density at radius 2 is 1.90 bits per heavy atom. The van der Waals surface area contributed by atoms with Gasteiger partial charge in [0, 0.05) is 6.04 Å². The van der Waals surface area contributed by atoms with Crippen molar-refractivity contribution in [2.24, 2.45) is 0 Å². The number of methoxy groups -OCH3 is 1. The van der Waals surface area contributed by atoms with Crippen LogP contribution in [-0.2, 0) is 6.42 Å². The molecule has 2 aromatic heterocycles. The first kappa shape index (κ1) is 18.8. The maximum atomic E-state index is 13.5. The Labute approximate surface area is 171 Å². The Morgan fingerprint density at radius 3 is 2.62 bits per heavy atom. The summed E-state index contributed by atoms with van der Waals surface area (Å²) in [5, 5.41) is 9.65. The molecule has 0 radical (unpaired) electrons. The molecule has 0 aliphatic carbocycles. The number of nitriles is 1. The first-order valence-corrected chi connectivity index (χ1v) is 9.90. The highest BCUT2D eigenvalue weighted by molar-refractivity contribution is 7.13. The molecule has 2 heterocycles. The number of hydrogen-bond acceptors (Lipinski definition) is 6. The van der Waals surface area contributed by atoms with Crippen LogP contribution in [0.3, 0.4) is 0 Å². The number of rotatable bonds is 5. The minimum atomic E-state index is -0.260. The molecule has 1 atom stereocenters. The molecular formula is C22H18N4O2S. The molecule has 0 aliphatic heterocycles. The zero-order chi connectivity index (χ0) is 20.4. The smallest absolute Gasteiger partial charge is 0.265 e. The fraction of sp³-hybridized carbons (Fsp3) is 0.182. The molecular weight excluding hydrogens is 384 g/mol. The third-order valence-corrected chi connectivity index (χ3v) is 5.55. The second kappa shape index (κ2) is 7.86. The van der Waals surface area contributed by atoms with Gasteiger partial charge in [-0.25, -0.2) is 4.98 Å². The zero-order valence-corrected chi connectivity index (χ0v) is 16.8. The summed E-state index contributed by atoms with van der Waals surface area (Å²) in [6.45, 7) is 1.98. The van der Waals surface area contributed by atoms with Gasteiger partial charge in [0.15, 0.2) is 10.5 Å². The summed E-state index contributed by atoms with van der Waals surface area (Å²) >= 11 is 1.06. The van der Waals surface area contributed by atoms with Gasteiger partial charge in [-0.1, -0.05) is 42.5 Å². The standard InChI is InChI=1S/C22H18N4O2S/c1-14(12-15-8-4-3-5-9-15)26-20(16-10-6-7-11-18(16)28-2)24-21-19(22(26)27)17(13-23)25-29-21/h3-11,14H,12H2,1-2H3/t14-/m1/s1. The third kappa shape index (κ3) is 3.39. The lowest BCUT2D eigenvalue weighted by Crippen LogP contribution is -2.27. The molecule has 0 saturated heterocycles. The van der Waals surface area contributed by atoms with Gasteiger partial charge < -0.3 is 4.74 Å². The van der Waals surface area contributed by atoms with Crippen molar-refractivity contribution in [2.75, 3.05) is 7.11 Å². The van der Waals surface area contributed by atoms with E-state index in [9.17, 15) is 10.1 Å². The number of ether oxygens (including phenoxy) is 1. The molecule has 6 nitrogen and oxygen atoms in total. The van der Waals surface area contributed by atoms with E-state index in [1.807, 2.05) is 67.6 Å². The summed E-state index contributed by atoms with van der Waals surface area (Å²) in [5.41, 5.74) is 1.70. The van der Waals surface area contributed by atoms with E-state index in [2.05, 4.69) is 4.37 Å². The van der Waals surface area contributed by atoms with E-state index in [1.54, 1.807) is 11.7 Å². The second-order valence-corrected chi connectivity index (χ2v) is 7.42. The fourth-order valence-corrected chi connectivity index (χ4v) is 4.18. The average molecular weight is 402 g/mol. The van der Waals surface area contributed by atoms with Gasteiger partial charge in [0.1, 0.15) is 23.0 Å². The minimum absolute atomic E-state index is 0.120. The lowest BCUT2D eigenvalue weighted by atomic mass is 10.1. The van der Waals surface area contributed by atoms with Crippen LogP contribution in [0.4, 0.5) is 0 Å². The van der Waals surface area contributed by atoms with Crippen molar-refractivity contribution in [2.45, 2.75) is 19.4 Å². The molecule has 0 bridgehead atoms. The van der Waals surface area contributed by atoms with Gasteiger partial charge in [0.05, 0.1) is 12.7 Å². The number of para-hydroxylation sites is 1. The molecule has 29 heavy (non-hydrogen) atoms. The van der Waals surface area contributed by atoms with Gasteiger partial charge in [0.2, 0.25) is 0 Å². The molecule has 0 unspecified atom stereocenters. The molecule has 144 valence electrons. The lowest BCUT2D eigenvalue weighted by Gasteiger charge is -2.20. The van der Waals surface area contributed by atoms with E-state index in [4.69, 9.17) is 9.72 Å². The van der Waals surface area contributed by atoms with E-state index >= 15 is 0 Å². The molecule has 0 spiro atoms. The van der Waals surface area contributed by atoms with Crippen LogP contribution in [0.5, 0.6) is 5.75 Å². The Morgan fingerprint density at radius 1 is 1.17 bits per heavy atom. The molecule has 4 aromatic rings. The van der Waals surface area contributed by atoms with E-state index < -0.39 is 0 Å². The van der Waals surface area contributed by atoms with Gasteiger partial charge in [-0.3, -0.25) is 9.36 Å². The number of benzene rings is 2. The first-order chi connectivity index (χ1) is 14.1. The molecule has 7 heteroatoms. The number of hydrogen-bond donors (Lipinski definition) is 0. The van der Waals surface area contributed by atoms with Crippen molar-refractivity contribution < 1.29 is 4.74 Å². The highest BCUT2D eigenvalue weighted by atomic mass is 32.1. The predicted molar refractivity (Wildman–Crippen MR) is 113 cm³/mol. The van der Waals surface area contributed by atoms with Gasteiger partial charge >= 0.3 is 0 Å².